The number of aliphatic hydroxyl groups is 1. The number of carbonyl (C=O) groups excluding carboxylic acids is 1. The molecule has 0 radical (unpaired) electrons. The maximum atomic E-state index is 11.7. The summed E-state index contributed by atoms with van der Waals surface area (Å²) in [6.07, 6.45) is 0.327. The summed E-state index contributed by atoms with van der Waals surface area (Å²) in [6, 6.07) is 11.1. The first kappa shape index (κ1) is 17.0. The second-order valence-corrected chi connectivity index (χ2v) is 5.56. The van der Waals surface area contributed by atoms with Crippen LogP contribution >= 0.6 is 0 Å². The van der Waals surface area contributed by atoms with E-state index in [1.807, 2.05) is 44.2 Å². The highest BCUT2D eigenvalue weighted by molar-refractivity contribution is 5.73. The molecule has 0 bridgehead atoms. The van der Waals surface area contributed by atoms with Gasteiger partial charge < -0.3 is 20.3 Å². The molecule has 6 nitrogen and oxygen atoms in total. The number of carbonyl (C=O) groups is 1. The lowest BCUT2D eigenvalue weighted by molar-refractivity contribution is 0.114. The van der Waals surface area contributed by atoms with Crippen LogP contribution in [0.1, 0.15) is 26.0 Å². The van der Waals surface area contributed by atoms with Crippen LogP contribution < -0.4 is 10.6 Å². The zero-order valence-corrected chi connectivity index (χ0v) is 13.5. The average Bonchev–Trinajstić information content (AvgIpc) is 3.06. The van der Waals surface area contributed by atoms with Crippen molar-refractivity contribution >= 4 is 6.03 Å². The van der Waals surface area contributed by atoms with Crippen LogP contribution in [0.25, 0.3) is 11.3 Å². The topological polar surface area (TPSA) is 87.4 Å². The molecule has 1 heterocycles. The van der Waals surface area contributed by atoms with E-state index in [1.165, 1.54) is 0 Å². The maximum absolute atomic E-state index is 11.7. The van der Waals surface area contributed by atoms with Crippen LogP contribution in [0.2, 0.25) is 0 Å². The van der Waals surface area contributed by atoms with Crippen molar-refractivity contribution in [3.63, 3.8) is 0 Å². The van der Waals surface area contributed by atoms with Gasteiger partial charge in [0.05, 0.1) is 12.6 Å². The minimum Gasteiger partial charge on any atom is -0.391 e. The lowest BCUT2D eigenvalue weighted by Crippen LogP contribution is -2.41. The van der Waals surface area contributed by atoms with Crippen LogP contribution in [0.3, 0.4) is 0 Å². The number of aliphatic hydroxyl groups excluding tert-OH is 1. The molecule has 2 unspecified atom stereocenters. The Bertz CT molecular complexity index is 613. The summed E-state index contributed by atoms with van der Waals surface area (Å²) in [7, 11) is 0. The highest BCUT2D eigenvalue weighted by atomic mass is 16.5. The van der Waals surface area contributed by atoms with Crippen molar-refractivity contribution in [3.8, 4) is 11.3 Å². The minimum absolute atomic E-state index is 0.152. The third-order valence-corrected chi connectivity index (χ3v) is 3.82. The number of nitrogens with one attached hydrogen (secondary N) is 2. The van der Waals surface area contributed by atoms with E-state index in [-0.39, 0.29) is 25.0 Å². The molecular formula is C17H23N3O3. The molecule has 2 amide bonds. The summed E-state index contributed by atoms with van der Waals surface area (Å²) in [5.41, 5.74) is 1.58. The molecule has 3 N–H and O–H groups in total. The molecule has 2 atom stereocenters. The van der Waals surface area contributed by atoms with Gasteiger partial charge in [-0.2, -0.15) is 0 Å². The zero-order valence-electron chi connectivity index (χ0n) is 13.5. The van der Waals surface area contributed by atoms with Gasteiger partial charge in [0.1, 0.15) is 5.69 Å². The van der Waals surface area contributed by atoms with Gasteiger partial charge in [0, 0.05) is 18.2 Å². The second-order valence-electron chi connectivity index (χ2n) is 5.56. The molecule has 1 aromatic heterocycles. The highest BCUT2D eigenvalue weighted by Gasteiger charge is 2.13. The predicted octanol–water partition coefficient (Wildman–Crippen LogP) is 2.55. The van der Waals surface area contributed by atoms with Gasteiger partial charge in [-0.25, -0.2) is 4.79 Å². The van der Waals surface area contributed by atoms with E-state index in [1.54, 1.807) is 6.07 Å². The minimum atomic E-state index is -0.539. The number of rotatable bonds is 7. The van der Waals surface area contributed by atoms with Crippen LogP contribution in [-0.4, -0.2) is 28.9 Å². The van der Waals surface area contributed by atoms with Gasteiger partial charge in [0.2, 0.25) is 0 Å². The van der Waals surface area contributed by atoms with Crippen molar-refractivity contribution in [3.05, 3.63) is 42.1 Å². The zero-order chi connectivity index (χ0) is 16.7. The molecule has 23 heavy (non-hydrogen) atoms. The van der Waals surface area contributed by atoms with Gasteiger partial charge in [0.25, 0.3) is 0 Å². The van der Waals surface area contributed by atoms with Crippen molar-refractivity contribution in [2.45, 2.75) is 32.9 Å². The summed E-state index contributed by atoms with van der Waals surface area (Å²) < 4.78 is 5.27. The molecule has 2 aromatic rings. The molecule has 0 spiro atoms. The Balaban J connectivity index is 1.78. The molecule has 0 fully saturated rings. The summed E-state index contributed by atoms with van der Waals surface area (Å²) in [6.45, 7) is 4.45. The molecule has 6 heteroatoms. The molecule has 0 aliphatic heterocycles. The van der Waals surface area contributed by atoms with E-state index in [9.17, 15) is 9.90 Å². The van der Waals surface area contributed by atoms with Crippen LogP contribution in [0.4, 0.5) is 4.79 Å². The number of hydrogen-bond donors (Lipinski definition) is 3. The third-order valence-electron chi connectivity index (χ3n) is 3.82. The Kier molecular flexibility index (Phi) is 6.17. The fourth-order valence-electron chi connectivity index (χ4n) is 2.04. The van der Waals surface area contributed by atoms with Crippen LogP contribution in [-0.2, 0) is 6.54 Å². The number of nitrogens with zero attached hydrogens (tertiary/aromatic N) is 1. The molecule has 2 rings (SSSR count). The fraction of sp³-hybridized carbons (Fsp3) is 0.412. The monoisotopic (exact) mass is 317 g/mol. The first-order chi connectivity index (χ1) is 11.1. The molecular weight excluding hydrogens is 294 g/mol. The van der Waals surface area contributed by atoms with Crippen molar-refractivity contribution in [1.29, 1.82) is 0 Å². The van der Waals surface area contributed by atoms with Gasteiger partial charge >= 0.3 is 6.03 Å². The van der Waals surface area contributed by atoms with Crippen molar-refractivity contribution in [2.75, 3.05) is 6.54 Å². The third kappa shape index (κ3) is 5.10. The number of benzene rings is 1. The lowest BCUT2D eigenvalue weighted by atomic mass is 10.0. The quantitative estimate of drug-likeness (QED) is 0.732. The largest absolute Gasteiger partial charge is 0.391 e. The molecule has 1 aromatic carbocycles. The SMILES string of the molecule is CCC(C)C(O)CNC(=O)NCc1cc(-c2ccccc2)on1. The van der Waals surface area contributed by atoms with Crippen LogP contribution in [0.5, 0.6) is 0 Å². The van der Waals surface area contributed by atoms with Gasteiger partial charge in [-0.15, -0.1) is 0 Å². The second kappa shape index (κ2) is 8.33. The van der Waals surface area contributed by atoms with Gasteiger partial charge in [-0.1, -0.05) is 55.8 Å². The normalized spacial score (nSPS) is 13.3. The number of urea groups is 1. The summed E-state index contributed by atoms with van der Waals surface area (Å²) in [4.78, 5) is 11.7. The fourth-order valence-corrected chi connectivity index (χ4v) is 2.04. The van der Waals surface area contributed by atoms with Crippen molar-refractivity contribution < 1.29 is 14.4 Å². The van der Waals surface area contributed by atoms with E-state index in [0.717, 1.165) is 12.0 Å². The standard InChI is InChI=1S/C17H23N3O3/c1-3-12(2)15(21)11-19-17(22)18-10-14-9-16(23-20-14)13-7-5-4-6-8-13/h4-9,12,15,21H,3,10-11H2,1-2H3,(H2,18,19,22). The Labute approximate surface area is 135 Å². The summed E-state index contributed by atoms with van der Waals surface area (Å²) in [5.74, 6) is 0.814. The molecule has 0 aliphatic carbocycles. The highest BCUT2D eigenvalue weighted by Crippen LogP contribution is 2.19. The Morgan fingerprint density at radius 1 is 1.30 bits per heavy atom. The van der Waals surface area contributed by atoms with E-state index in [0.29, 0.717) is 11.5 Å². The van der Waals surface area contributed by atoms with E-state index in [4.69, 9.17) is 4.52 Å². The molecule has 0 saturated heterocycles. The molecule has 0 saturated carbocycles. The number of hydrogen-bond acceptors (Lipinski definition) is 4. The van der Waals surface area contributed by atoms with E-state index >= 15 is 0 Å². The first-order valence-electron chi connectivity index (χ1n) is 7.81. The molecule has 0 aliphatic rings. The summed E-state index contributed by atoms with van der Waals surface area (Å²) >= 11 is 0. The average molecular weight is 317 g/mol. The van der Waals surface area contributed by atoms with Gasteiger partial charge in [-0.3, -0.25) is 0 Å². The van der Waals surface area contributed by atoms with Gasteiger partial charge in [0.15, 0.2) is 5.76 Å². The van der Waals surface area contributed by atoms with Crippen molar-refractivity contribution in [1.82, 2.24) is 15.8 Å². The van der Waals surface area contributed by atoms with Crippen molar-refractivity contribution in [2.24, 2.45) is 5.92 Å². The van der Waals surface area contributed by atoms with Crippen LogP contribution in [0.15, 0.2) is 40.9 Å². The Morgan fingerprint density at radius 3 is 2.74 bits per heavy atom. The number of aromatic nitrogens is 1. The van der Waals surface area contributed by atoms with Crippen LogP contribution in [0, 0.1) is 5.92 Å². The van der Waals surface area contributed by atoms with E-state index in [2.05, 4.69) is 15.8 Å². The summed E-state index contributed by atoms with van der Waals surface area (Å²) in [5, 5.41) is 19.1. The van der Waals surface area contributed by atoms with Gasteiger partial charge in [-0.05, 0) is 5.92 Å². The van der Waals surface area contributed by atoms with E-state index < -0.39 is 6.10 Å². The molecule has 124 valence electrons. The smallest absolute Gasteiger partial charge is 0.315 e. The Morgan fingerprint density at radius 2 is 2.04 bits per heavy atom. The Hall–Kier alpha value is -2.34. The first-order valence-corrected chi connectivity index (χ1v) is 7.81. The lowest BCUT2D eigenvalue weighted by Gasteiger charge is -2.17. The predicted molar refractivity (Wildman–Crippen MR) is 87.6 cm³/mol. The number of amides is 2. The maximum Gasteiger partial charge on any atom is 0.315 e.